The van der Waals surface area contributed by atoms with Crippen molar-refractivity contribution in [2.24, 2.45) is 5.92 Å². The number of piperidine rings is 1. The van der Waals surface area contributed by atoms with Crippen LogP contribution in [0.1, 0.15) is 25.3 Å². The molecule has 4 heteroatoms. The SMILES string of the molecule is CC(=O)C1CCN(C(=O)Cc2cccnc2)CC1. The zero-order valence-electron chi connectivity index (χ0n) is 10.6. The Labute approximate surface area is 107 Å². The van der Waals surface area contributed by atoms with Crippen molar-refractivity contribution in [3.63, 3.8) is 0 Å². The van der Waals surface area contributed by atoms with Crippen LogP contribution >= 0.6 is 0 Å². The van der Waals surface area contributed by atoms with Crippen molar-refractivity contribution < 1.29 is 9.59 Å². The highest BCUT2D eigenvalue weighted by Crippen LogP contribution is 2.18. The lowest BCUT2D eigenvalue weighted by Crippen LogP contribution is -2.40. The van der Waals surface area contributed by atoms with E-state index in [4.69, 9.17) is 0 Å². The number of hydrogen-bond donors (Lipinski definition) is 0. The second kappa shape index (κ2) is 5.76. The van der Waals surface area contributed by atoms with Crippen molar-refractivity contribution in [1.29, 1.82) is 0 Å². The average Bonchev–Trinajstić information content (AvgIpc) is 2.40. The van der Waals surface area contributed by atoms with Crippen LogP contribution in [0.25, 0.3) is 0 Å². The van der Waals surface area contributed by atoms with Gasteiger partial charge in [-0.2, -0.15) is 0 Å². The molecule has 1 aromatic heterocycles. The summed E-state index contributed by atoms with van der Waals surface area (Å²) in [5.74, 6) is 0.520. The van der Waals surface area contributed by atoms with Crippen molar-refractivity contribution in [3.8, 4) is 0 Å². The van der Waals surface area contributed by atoms with Crippen LogP contribution in [0.2, 0.25) is 0 Å². The lowest BCUT2D eigenvalue weighted by molar-refractivity contribution is -0.134. The first-order chi connectivity index (χ1) is 8.66. The van der Waals surface area contributed by atoms with Crippen molar-refractivity contribution in [3.05, 3.63) is 30.1 Å². The number of ketones is 1. The molecule has 4 nitrogen and oxygen atoms in total. The molecule has 0 bridgehead atoms. The predicted octanol–water partition coefficient (Wildman–Crippen LogP) is 1.45. The summed E-state index contributed by atoms with van der Waals surface area (Å²) >= 11 is 0. The minimum Gasteiger partial charge on any atom is -0.342 e. The Hall–Kier alpha value is -1.71. The Kier molecular flexibility index (Phi) is 4.07. The largest absolute Gasteiger partial charge is 0.342 e. The maximum Gasteiger partial charge on any atom is 0.227 e. The van der Waals surface area contributed by atoms with Crippen LogP contribution in [0.5, 0.6) is 0 Å². The van der Waals surface area contributed by atoms with Crippen LogP contribution in [0.3, 0.4) is 0 Å². The maximum atomic E-state index is 12.1. The number of nitrogens with zero attached hydrogens (tertiary/aromatic N) is 2. The lowest BCUT2D eigenvalue weighted by Gasteiger charge is -2.30. The molecular weight excluding hydrogens is 228 g/mol. The van der Waals surface area contributed by atoms with Gasteiger partial charge in [0.2, 0.25) is 5.91 Å². The van der Waals surface area contributed by atoms with Gasteiger partial charge in [-0.1, -0.05) is 6.07 Å². The predicted molar refractivity (Wildman–Crippen MR) is 67.9 cm³/mol. The fourth-order valence-electron chi connectivity index (χ4n) is 2.32. The van der Waals surface area contributed by atoms with E-state index in [9.17, 15) is 9.59 Å². The molecule has 1 fully saturated rings. The van der Waals surface area contributed by atoms with E-state index in [-0.39, 0.29) is 17.6 Å². The fourth-order valence-corrected chi connectivity index (χ4v) is 2.32. The van der Waals surface area contributed by atoms with Crippen molar-refractivity contribution in [2.45, 2.75) is 26.2 Å². The fraction of sp³-hybridized carbons (Fsp3) is 0.500. The van der Waals surface area contributed by atoms with Crippen LogP contribution in [0.15, 0.2) is 24.5 Å². The third kappa shape index (κ3) is 3.15. The van der Waals surface area contributed by atoms with E-state index < -0.39 is 0 Å². The molecular formula is C14H18N2O2. The Morgan fingerprint density at radius 2 is 2.11 bits per heavy atom. The van der Waals surface area contributed by atoms with Gasteiger partial charge in [-0.25, -0.2) is 0 Å². The molecule has 1 saturated heterocycles. The van der Waals surface area contributed by atoms with Gasteiger partial charge in [-0.3, -0.25) is 14.6 Å². The summed E-state index contributed by atoms with van der Waals surface area (Å²) in [6, 6.07) is 3.75. The first-order valence-corrected chi connectivity index (χ1v) is 6.34. The van der Waals surface area contributed by atoms with Crippen molar-refractivity contribution in [1.82, 2.24) is 9.88 Å². The number of amides is 1. The average molecular weight is 246 g/mol. The van der Waals surface area contributed by atoms with Gasteiger partial charge in [0.25, 0.3) is 0 Å². The van der Waals surface area contributed by atoms with E-state index in [1.54, 1.807) is 19.3 Å². The maximum absolute atomic E-state index is 12.1. The van der Waals surface area contributed by atoms with Gasteiger partial charge in [0.1, 0.15) is 5.78 Å². The van der Waals surface area contributed by atoms with Crippen LogP contribution in [0.4, 0.5) is 0 Å². The Morgan fingerprint density at radius 1 is 1.39 bits per heavy atom. The number of hydrogen-bond acceptors (Lipinski definition) is 3. The summed E-state index contributed by atoms with van der Waals surface area (Å²) < 4.78 is 0. The van der Waals surface area contributed by atoms with Gasteiger partial charge in [0, 0.05) is 31.4 Å². The van der Waals surface area contributed by atoms with Gasteiger partial charge in [0.05, 0.1) is 6.42 Å². The minimum atomic E-state index is 0.130. The quantitative estimate of drug-likeness (QED) is 0.811. The highest BCUT2D eigenvalue weighted by Gasteiger charge is 2.24. The zero-order valence-corrected chi connectivity index (χ0v) is 10.6. The molecule has 1 aliphatic heterocycles. The molecule has 0 aromatic carbocycles. The molecule has 2 heterocycles. The van der Waals surface area contributed by atoms with Crippen molar-refractivity contribution in [2.75, 3.05) is 13.1 Å². The second-order valence-electron chi connectivity index (χ2n) is 4.80. The van der Waals surface area contributed by atoms with Crippen LogP contribution in [0, 0.1) is 5.92 Å². The van der Waals surface area contributed by atoms with Crippen LogP contribution < -0.4 is 0 Å². The summed E-state index contributed by atoms with van der Waals surface area (Å²) in [5, 5.41) is 0. The number of likely N-dealkylation sites (tertiary alicyclic amines) is 1. The molecule has 0 unspecified atom stereocenters. The Balaban J connectivity index is 1.86. The summed E-state index contributed by atoms with van der Waals surface area (Å²) in [5.41, 5.74) is 0.941. The summed E-state index contributed by atoms with van der Waals surface area (Å²) in [4.78, 5) is 29.2. The van der Waals surface area contributed by atoms with E-state index in [2.05, 4.69) is 4.98 Å². The van der Waals surface area contributed by atoms with Crippen LogP contribution in [-0.4, -0.2) is 34.7 Å². The topological polar surface area (TPSA) is 50.3 Å². The molecule has 1 amide bonds. The molecule has 0 saturated carbocycles. The molecule has 1 aromatic rings. The number of carbonyl (C=O) groups excluding carboxylic acids is 2. The number of pyridine rings is 1. The number of carbonyl (C=O) groups is 2. The van der Waals surface area contributed by atoms with Gasteiger partial charge in [-0.15, -0.1) is 0 Å². The molecule has 1 aliphatic rings. The van der Waals surface area contributed by atoms with Gasteiger partial charge < -0.3 is 4.90 Å². The van der Waals surface area contributed by atoms with Gasteiger partial charge in [0.15, 0.2) is 0 Å². The van der Waals surface area contributed by atoms with Gasteiger partial charge >= 0.3 is 0 Å². The summed E-state index contributed by atoms with van der Waals surface area (Å²) in [6.07, 6.45) is 5.42. The third-order valence-electron chi connectivity index (χ3n) is 3.50. The molecule has 2 rings (SSSR count). The summed E-state index contributed by atoms with van der Waals surface area (Å²) in [7, 11) is 0. The van der Waals surface area contributed by atoms with E-state index in [0.717, 1.165) is 18.4 Å². The van der Waals surface area contributed by atoms with Gasteiger partial charge in [-0.05, 0) is 31.4 Å². The second-order valence-corrected chi connectivity index (χ2v) is 4.80. The number of aromatic nitrogens is 1. The molecule has 0 radical (unpaired) electrons. The first kappa shape index (κ1) is 12.7. The molecule has 96 valence electrons. The van der Waals surface area contributed by atoms with Crippen molar-refractivity contribution >= 4 is 11.7 Å². The summed E-state index contributed by atoms with van der Waals surface area (Å²) in [6.45, 7) is 3.03. The monoisotopic (exact) mass is 246 g/mol. The highest BCUT2D eigenvalue weighted by molar-refractivity contribution is 5.80. The molecule has 0 N–H and O–H groups in total. The third-order valence-corrected chi connectivity index (χ3v) is 3.50. The zero-order chi connectivity index (χ0) is 13.0. The molecule has 0 aliphatic carbocycles. The Morgan fingerprint density at radius 3 is 2.67 bits per heavy atom. The molecule has 0 spiro atoms. The normalized spacial score (nSPS) is 16.6. The Bertz CT molecular complexity index is 423. The minimum absolute atomic E-state index is 0.130. The molecule has 0 atom stereocenters. The highest BCUT2D eigenvalue weighted by atomic mass is 16.2. The number of Topliss-reactive ketones (excluding diaryl/α,β-unsaturated/α-hetero) is 1. The van der Waals surface area contributed by atoms with E-state index in [1.165, 1.54) is 0 Å². The number of rotatable bonds is 3. The standard InChI is InChI=1S/C14H18N2O2/c1-11(17)13-4-7-16(8-5-13)14(18)9-12-3-2-6-15-10-12/h2-3,6,10,13H,4-5,7-9H2,1H3. The first-order valence-electron chi connectivity index (χ1n) is 6.34. The van der Waals surface area contributed by atoms with E-state index in [1.807, 2.05) is 17.0 Å². The van der Waals surface area contributed by atoms with E-state index >= 15 is 0 Å². The molecule has 18 heavy (non-hydrogen) atoms. The van der Waals surface area contributed by atoms with E-state index in [0.29, 0.717) is 19.5 Å². The van der Waals surface area contributed by atoms with Crippen LogP contribution in [-0.2, 0) is 16.0 Å². The lowest BCUT2D eigenvalue weighted by atomic mass is 9.93. The smallest absolute Gasteiger partial charge is 0.227 e.